The van der Waals surface area contributed by atoms with Crippen LogP contribution in [0.25, 0.3) is 0 Å². The third-order valence-electron chi connectivity index (χ3n) is 0.167. The molecule has 186 valence electrons. The molecule has 0 radical (unpaired) electrons. The first-order valence-electron chi connectivity index (χ1n) is 4.95. The number of rotatable bonds is 1. The summed E-state index contributed by atoms with van der Waals surface area (Å²) in [5.74, 6) is -4.33. The molecule has 0 amide bonds. The standard InChI is InChI=1S/C2H8N2.4C2H4O2.8ClH.2Mg/c3-1-2-4;4*1-2(3)4;;;;;;;;;;/h1-4H2;4*1H3,(H,3,4);8*1H;;/q;;;;;;;;;;;;;2*+2/p-6. The van der Waals surface area contributed by atoms with Gasteiger partial charge in [-0.15, -0.1) is 74.4 Å². The molecule has 0 heterocycles. The second kappa shape index (κ2) is 110. The van der Waals surface area contributed by atoms with Gasteiger partial charge in [0.15, 0.2) is 0 Å². The molecule has 0 saturated heterocycles. The number of carbonyl (C=O) groups is 4. The number of hydrogen-bond acceptors (Lipinski definition) is 10. The van der Waals surface area contributed by atoms with Crippen LogP contribution in [0.15, 0.2) is 0 Å². The largest absolute Gasteiger partial charge is 2.00 e. The van der Waals surface area contributed by atoms with Crippen LogP contribution in [0.3, 0.4) is 0 Å². The van der Waals surface area contributed by atoms with E-state index in [1.807, 2.05) is 0 Å². The van der Waals surface area contributed by atoms with Gasteiger partial charge in [0.25, 0.3) is 0 Å². The van der Waals surface area contributed by atoms with Gasteiger partial charge in [0.05, 0.1) is 0 Å². The van der Waals surface area contributed by atoms with Crippen LogP contribution in [-0.4, -0.2) is 83.1 Å². The third-order valence-corrected chi connectivity index (χ3v) is 0.167. The molecular formula is C10H26Cl8Mg2N2O8-2. The molecule has 10 nitrogen and oxygen atoms in total. The zero-order valence-electron chi connectivity index (χ0n) is 16.5. The van der Waals surface area contributed by atoms with Crippen molar-refractivity contribution in [3.63, 3.8) is 0 Å². The summed E-state index contributed by atoms with van der Waals surface area (Å²) in [4.78, 5) is 35.6. The smallest absolute Gasteiger partial charge is 1.00 e. The van der Waals surface area contributed by atoms with E-state index in [-0.39, 0.29) is 145 Å². The van der Waals surface area contributed by atoms with Gasteiger partial charge in [-0.1, -0.05) is 0 Å². The van der Waals surface area contributed by atoms with Crippen LogP contribution in [0.1, 0.15) is 27.7 Å². The van der Waals surface area contributed by atoms with Gasteiger partial charge in [-0.3, -0.25) is 0 Å². The minimum absolute atomic E-state index is 0. The molecule has 4 N–H and O–H groups in total. The number of carboxylic acid groups (broad SMARTS) is 4. The Labute approximate surface area is 258 Å². The molecule has 20 heteroatoms. The molecule has 0 fully saturated rings. The zero-order chi connectivity index (χ0) is 17.7. The molecule has 0 aromatic heterocycles. The van der Waals surface area contributed by atoms with E-state index in [4.69, 9.17) is 51.1 Å². The molecule has 0 aliphatic heterocycles. The van der Waals surface area contributed by atoms with Crippen LogP contribution >= 0.6 is 74.4 Å². The van der Waals surface area contributed by atoms with Crippen LogP contribution in [0, 0.1) is 0 Å². The fourth-order valence-electron chi connectivity index (χ4n) is 0. The Kier molecular flexibility index (Phi) is 393. The Bertz CT molecular complexity index is 224. The normalized spacial score (nSPS) is 4.33. The number of aliphatic carboxylic acids is 4. The van der Waals surface area contributed by atoms with E-state index in [9.17, 15) is 0 Å². The van der Waals surface area contributed by atoms with Gasteiger partial charge in [-0.05, 0) is 27.7 Å². The molecular weight excluding hydrogens is 608 g/mol. The number of hydrogen-bond donors (Lipinski definition) is 2. The first-order valence-corrected chi connectivity index (χ1v) is 4.95. The summed E-state index contributed by atoms with van der Waals surface area (Å²) < 4.78 is 0. The van der Waals surface area contributed by atoms with E-state index in [0.29, 0.717) is 13.1 Å². The van der Waals surface area contributed by atoms with Crippen LogP contribution in [0.2, 0.25) is 0 Å². The van der Waals surface area contributed by atoms with Crippen molar-refractivity contribution in [1.82, 2.24) is 0 Å². The summed E-state index contributed by atoms with van der Waals surface area (Å²) in [7, 11) is 0. The Morgan fingerprint density at radius 1 is 0.500 bits per heavy atom. The third kappa shape index (κ3) is 3460. The van der Waals surface area contributed by atoms with Gasteiger partial charge in [0.1, 0.15) is 0 Å². The SMILES string of the molecule is CC(=O)[O-].CC(=O)[O-].CC(=O)[O-].CC(=O)[O-].Cl.Cl.Cl.Cl.Cl.Cl.NCCN.[Cl-].[Cl-].[Mg+2].[Mg+2]. The maximum absolute atomic E-state index is 8.89. The molecule has 0 saturated carbocycles. The van der Waals surface area contributed by atoms with E-state index < -0.39 is 23.9 Å². The second-order valence-electron chi connectivity index (χ2n) is 2.54. The first kappa shape index (κ1) is 107. The topological polar surface area (TPSA) is 213 Å². The average Bonchev–Trinajstić information content (AvgIpc) is 2.13. The molecule has 0 aliphatic carbocycles. The minimum atomic E-state index is -1.08. The van der Waals surface area contributed by atoms with Crippen molar-refractivity contribution in [2.75, 3.05) is 13.1 Å². The molecule has 0 bridgehead atoms. The van der Waals surface area contributed by atoms with E-state index in [2.05, 4.69) is 0 Å². The predicted octanol–water partition coefficient (Wildman–Crippen LogP) is -10.3. The monoisotopic (exact) mass is 630 g/mol. The fourth-order valence-corrected chi connectivity index (χ4v) is 0. The van der Waals surface area contributed by atoms with E-state index in [1.165, 1.54) is 0 Å². The number of halogens is 8. The van der Waals surface area contributed by atoms with Gasteiger partial charge < -0.3 is 75.9 Å². The first-order chi connectivity index (χ1) is 8.84. The van der Waals surface area contributed by atoms with Gasteiger partial charge in [0, 0.05) is 37.0 Å². The molecule has 0 atom stereocenters. The van der Waals surface area contributed by atoms with Crippen LogP contribution in [0.5, 0.6) is 0 Å². The average molecular weight is 635 g/mol. The van der Waals surface area contributed by atoms with Gasteiger partial charge in [-0.25, -0.2) is 0 Å². The Morgan fingerprint density at radius 2 is 0.533 bits per heavy atom. The van der Waals surface area contributed by atoms with Crippen LogP contribution in [0.4, 0.5) is 0 Å². The van der Waals surface area contributed by atoms with Crippen molar-refractivity contribution in [3.8, 4) is 0 Å². The van der Waals surface area contributed by atoms with E-state index in [1.54, 1.807) is 0 Å². The van der Waals surface area contributed by atoms with Crippen molar-refractivity contribution in [3.05, 3.63) is 0 Å². The molecule has 0 rings (SSSR count). The summed E-state index contributed by atoms with van der Waals surface area (Å²) in [6.45, 7) is 5.08. The van der Waals surface area contributed by atoms with Crippen molar-refractivity contribution in [2.45, 2.75) is 27.7 Å². The summed E-state index contributed by atoms with van der Waals surface area (Å²) >= 11 is 0. The quantitative estimate of drug-likeness (QED) is 0.260. The maximum Gasteiger partial charge on any atom is 2.00 e. The zero-order valence-corrected chi connectivity index (χ0v) is 25.7. The molecule has 0 aromatic rings. The molecule has 0 aromatic carbocycles. The van der Waals surface area contributed by atoms with Crippen LogP contribution < -0.4 is 56.7 Å². The summed E-state index contributed by atoms with van der Waals surface area (Å²) in [6, 6.07) is 0. The van der Waals surface area contributed by atoms with Gasteiger partial charge in [0.2, 0.25) is 0 Å². The molecule has 0 unspecified atom stereocenters. The summed E-state index contributed by atoms with van der Waals surface area (Å²) in [5.41, 5.74) is 9.81. The fraction of sp³-hybridized carbons (Fsp3) is 0.600. The molecule has 0 spiro atoms. The van der Waals surface area contributed by atoms with Crippen molar-refractivity contribution in [1.29, 1.82) is 0 Å². The molecule has 30 heavy (non-hydrogen) atoms. The Hall–Kier alpha value is 1.65. The van der Waals surface area contributed by atoms with Crippen LogP contribution in [-0.2, 0) is 19.2 Å². The number of nitrogens with two attached hydrogens (primary N) is 2. The number of carbonyl (C=O) groups excluding carboxylic acids is 4. The van der Waals surface area contributed by atoms with Gasteiger partial charge in [-0.2, -0.15) is 0 Å². The van der Waals surface area contributed by atoms with Crippen molar-refractivity contribution >= 4 is 144 Å². The van der Waals surface area contributed by atoms with Gasteiger partial charge >= 0.3 is 46.1 Å². The summed E-state index contributed by atoms with van der Waals surface area (Å²) in [5, 5.41) is 35.6. The van der Waals surface area contributed by atoms with Crippen molar-refractivity contribution in [2.24, 2.45) is 11.5 Å². The van der Waals surface area contributed by atoms with E-state index >= 15 is 0 Å². The maximum atomic E-state index is 8.89. The Balaban J connectivity index is -0.00000000666. The summed E-state index contributed by atoms with van der Waals surface area (Å²) in [6.07, 6.45) is 0. The van der Waals surface area contributed by atoms with Crippen molar-refractivity contribution < 1.29 is 64.4 Å². The molecule has 0 aliphatic rings. The predicted molar refractivity (Wildman–Crippen MR) is 116 cm³/mol. The minimum Gasteiger partial charge on any atom is -1.00 e. The van der Waals surface area contributed by atoms with E-state index in [0.717, 1.165) is 27.7 Å². The number of carboxylic acids is 4. The second-order valence-corrected chi connectivity index (χ2v) is 2.54. The Morgan fingerprint density at radius 3 is 0.533 bits per heavy atom.